The average molecular weight is 2280 g/mol. The Morgan fingerprint density at radius 2 is 0.333 bits per heavy atom. The van der Waals surface area contributed by atoms with Gasteiger partial charge in [0.25, 0.3) is 0 Å². The van der Waals surface area contributed by atoms with E-state index >= 15 is 0 Å². The van der Waals surface area contributed by atoms with Crippen LogP contribution in [0.3, 0.4) is 0 Å². The molecular formula is C42H76O74S16. The van der Waals surface area contributed by atoms with Gasteiger partial charge in [0, 0.05) is 6.61 Å². The van der Waals surface area contributed by atoms with Gasteiger partial charge in [0.05, 0.1) is 33.0 Å². The molecule has 0 aromatic heterocycles. The standard InChI is InChI=1S/C42H76O74S16/c1-2-3-4-5-6-7-8-9-10-11-12-91-38-33(112-128(76,77)78)28(23(106-122(58,59)60)18(97-38)13-92-117(43,44)45)102-39-34(113-129(79,80)81)29(24(107-123(61,62)63)19(98-39)14-93-118(46,47)48)103-40-35(114-130(82,83)84)30(25(108-124(64,65)66)20(99-40)15-94-119(49,50)51)104-41-36(115-131(85,86)87)31(26(109-125(67,68)69)21(100-41)16-95-120(52,53)54)105-42-37(116-132(88,89)90)32(111-127(73,74)75)27(110-126(70,71)72)22(101-42)17-96-121(55,56)57/h18-42H,2-17H2,1H3,(H,43,44,45)(H,46,47,48)(H,49,50,51)(H,52,53,54)(H,55,56,57)(H,58,59,60)(H,61,62,63)(H,64,65,66)(H,67,68,69)(H,70,71,72)(H,73,74,75)(H,76,77,78)(H,79,80,81)(H,82,83,84)(H,85,86,87)(H,88,89,90)/t18-,19-,20-,21-,22-,23-,24-,25-,26-,27-,28+,29+,30+,31+,32+,33-,34-,35-,36-,37-,38?,39+,40+,41+,42+/m1/s1. The first-order valence-corrected chi connectivity index (χ1v) is 56.0. The molecule has 16 N–H and O–H groups in total. The normalized spacial score (nSPS) is 31.4. The minimum atomic E-state index is -7.13. The van der Waals surface area contributed by atoms with Crippen LogP contribution < -0.4 is 0 Å². The van der Waals surface area contributed by atoms with E-state index < -0.39 is 360 Å². The summed E-state index contributed by atoms with van der Waals surface area (Å²) in [6.45, 7) is -10.9. The third-order valence-corrected chi connectivity index (χ3v) is 23.7. The molecule has 5 aliphatic rings. The molecule has 5 aliphatic heterocycles. The van der Waals surface area contributed by atoms with E-state index in [-0.39, 0.29) is 12.8 Å². The highest BCUT2D eigenvalue weighted by Crippen LogP contribution is 2.44. The fraction of sp³-hybridized carbons (Fsp3) is 1.00. The van der Waals surface area contributed by atoms with E-state index in [4.69, 9.17) is 47.4 Å². The fourth-order valence-electron chi connectivity index (χ4n) is 12.2. The van der Waals surface area contributed by atoms with E-state index in [1.54, 1.807) is 0 Å². The highest BCUT2D eigenvalue weighted by molar-refractivity contribution is 7.84. The first kappa shape index (κ1) is 120. The van der Waals surface area contributed by atoms with Gasteiger partial charge in [-0.1, -0.05) is 64.7 Å². The average Bonchev–Trinajstić information content (AvgIpc) is 0.746. The quantitative estimate of drug-likeness (QED) is 0.0199. The Morgan fingerprint density at radius 3 is 0.523 bits per heavy atom. The molecule has 0 saturated carbocycles. The van der Waals surface area contributed by atoms with E-state index in [1.165, 1.54) is 0 Å². The van der Waals surface area contributed by atoms with Crippen molar-refractivity contribution in [3.05, 3.63) is 0 Å². The third-order valence-electron chi connectivity index (χ3n) is 16.4. The molecule has 132 heavy (non-hydrogen) atoms. The molecule has 0 aromatic carbocycles. The second-order valence-corrected chi connectivity index (χ2v) is 43.1. The van der Waals surface area contributed by atoms with Gasteiger partial charge >= 0.3 is 166 Å². The molecule has 784 valence electrons. The van der Waals surface area contributed by atoms with Crippen LogP contribution in [0.25, 0.3) is 0 Å². The van der Waals surface area contributed by atoms with Crippen molar-refractivity contribution in [3.63, 3.8) is 0 Å². The minimum Gasteiger partial charge on any atom is -0.350 e. The lowest BCUT2D eigenvalue weighted by Gasteiger charge is -2.51. The Hall–Kier alpha value is -2.48. The second-order valence-electron chi connectivity index (χ2n) is 26.1. The SMILES string of the molecule is CCCCCCCCCCCCOC1O[C@H](COS(=O)(=O)O)[C@@H](OS(=O)(=O)O)[C@H](O[C@@H]2O[C@H](COS(=O)(=O)O)[C@@H](OS(=O)(=O)O)[C@H](O[C@@H]3O[C@H](COS(=O)(=O)O)[C@@H](OS(=O)(=O)O)[C@H](O[C@@H]4O[C@H](COS(=O)(=O)O)[C@@H](OS(=O)(=O)O)[C@H](O[C@@H]5O[C@H](COS(=O)(=O)O)[C@@H](OS(=O)(=O)O)[C@H](OS(=O)(=O)O)[C@H]5OS(=O)(=O)O)[C@H]4OS(=O)(=O)O)[C@H]3OS(=O)(=O)O)[C@H]2OS(=O)(=O)O)[C@H]1OS(=O)(=O)O. The third kappa shape index (κ3) is 45.6. The summed E-state index contributed by atoms with van der Waals surface area (Å²) in [5, 5.41) is 0. The van der Waals surface area contributed by atoms with Gasteiger partial charge in [0.2, 0.25) is 0 Å². The van der Waals surface area contributed by atoms with E-state index in [0.29, 0.717) is 19.3 Å². The van der Waals surface area contributed by atoms with Gasteiger partial charge in [-0.15, -0.1) is 0 Å². The maximum atomic E-state index is 13.4. The summed E-state index contributed by atoms with van der Waals surface area (Å²) >= 11 is 0. The molecule has 5 heterocycles. The van der Waals surface area contributed by atoms with Crippen molar-refractivity contribution in [3.8, 4) is 0 Å². The van der Waals surface area contributed by atoms with Crippen molar-refractivity contribution >= 4 is 166 Å². The largest absolute Gasteiger partial charge is 0.397 e. The van der Waals surface area contributed by atoms with Gasteiger partial charge in [-0.25, -0.2) is 66.9 Å². The van der Waals surface area contributed by atoms with Crippen LogP contribution in [0.5, 0.6) is 0 Å². The summed E-state index contributed by atoms with van der Waals surface area (Å²) in [7, 11) is -106. The molecule has 0 amide bonds. The van der Waals surface area contributed by atoms with Crippen LogP contribution in [-0.4, -0.2) is 401 Å². The smallest absolute Gasteiger partial charge is 0.350 e. The van der Waals surface area contributed by atoms with Gasteiger partial charge in [-0.05, 0) is 6.42 Å². The minimum absolute atomic E-state index is 0.115. The van der Waals surface area contributed by atoms with Crippen molar-refractivity contribution in [1.82, 2.24) is 0 Å². The van der Waals surface area contributed by atoms with Crippen molar-refractivity contribution in [2.45, 2.75) is 225 Å². The Kier molecular flexibility index (Phi) is 42.9. The second kappa shape index (κ2) is 47.2. The molecule has 90 heteroatoms. The molecule has 0 radical (unpaired) electrons. The number of unbranched alkanes of at least 4 members (excludes halogenated alkanes) is 9. The Balaban J connectivity index is 2.02. The maximum Gasteiger partial charge on any atom is 0.397 e. The molecule has 1 unspecified atom stereocenters. The van der Waals surface area contributed by atoms with Crippen LogP contribution in [0.1, 0.15) is 71.1 Å². The van der Waals surface area contributed by atoms with Crippen molar-refractivity contribution in [2.75, 3.05) is 39.6 Å². The number of hydrogen-bond acceptors (Lipinski definition) is 58. The molecule has 5 fully saturated rings. The number of hydrogen-bond donors (Lipinski definition) is 16. The lowest BCUT2D eigenvalue weighted by molar-refractivity contribution is -0.385. The van der Waals surface area contributed by atoms with E-state index in [1.807, 2.05) is 6.92 Å². The number of ether oxygens (including phenoxy) is 10. The zero-order chi connectivity index (χ0) is 101. The van der Waals surface area contributed by atoms with Crippen molar-refractivity contribution in [1.29, 1.82) is 0 Å². The molecule has 0 aromatic rings. The fourth-order valence-corrected chi connectivity index (χ4v) is 19.2. The lowest BCUT2D eigenvalue weighted by atomic mass is 9.95. The van der Waals surface area contributed by atoms with Crippen LogP contribution in [0.2, 0.25) is 0 Å². The summed E-state index contributed by atoms with van der Waals surface area (Å²) < 4.78 is 692. The zero-order valence-electron chi connectivity index (χ0n) is 64.1. The van der Waals surface area contributed by atoms with Crippen molar-refractivity contribution < 1.29 is 322 Å². The molecular weight excluding hydrogens is 2200 g/mol. The first-order valence-electron chi connectivity index (χ1n) is 34.1. The molecule has 74 nitrogen and oxygen atoms in total. The molecule has 0 spiro atoms. The van der Waals surface area contributed by atoms with Crippen LogP contribution in [0.15, 0.2) is 0 Å². The molecule has 5 saturated heterocycles. The summed E-state index contributed by atoms with van der Waals surface area (Å²) in [5.41, 5.74) is 0. The number of rotatable bonds is 57. The predicted octanol–water partition coefficient (Wildman–Crippen LogP) is -9.75. The lowest BCUT2D eigenvalue weighted by Crippen LogP contribution is -2.70. The molecule has 0 bridgehead atoms. The molecule has 5 rings (SSSR count). The summed E-state index contributed by atoms with van der Waals surface area (Å²) in [4.78, 5) is 0. The van der Waals surface area contributed by atoms with E-state index in [9.17, 15) is 208 Å². The summed E-state index contributed by atoms with van der Waals surface area (Å²) in [6, 6.07) is 0. The highest BCUT2D eigenvalue weighted by Gasteiger charge is 2.65. The molecule has 25 atom stereocenters. The summed E-state index contributed by atoms with van der Waals surface area (Å²) in [5.74, 6) is 0. The van der Waals surface area contributed by atoms with Gasteiger partial charge in [-0.3, -0.25) is 72.8 Å². The Morgan fingerprint density at radius 1 is 0.182 bits per heavy atom. The van der Waals surface area contributed by atoms with Crippen LogP contribution >= 0.6 is 0 Å². The first-order chi connectivity index (χ1) is 59.3. The van der Waals surface area contributed by atoms with E-state index in [2.05, 4.69) is 66.9 Å². The van der Waals surface area contributed by atoms with Crippen LogP contribution in [0.4, 0.5) is 0 Å². The monoisotopic (exact) mass is 2280 g/mol. The predicted molar refractivity (Wildman–Crippen MR) is 389 cm³/mol. The van der Waals surface area contributed by atoms with Crippen LogP contribution in [0, 0.1) is 0 Å². The van der Waals surface area contributed by atoms with Crippen LogP contribution in [-0.2, 0) is 281 Å². The highest BCUT2D eigenvalue weighted by atomic mass is 32.3. The topological polar surface area (TPSA) is 1110 Å². The van der Waals surface area contributed by atoms with Gasteiger partial charge in [-0.2, -0.15) is 135 Å². The van der Waals surface area contributed by atoms with Gasteiger partial charge in [0.1, 0.15) is 91.6 Å². The van der Waals surface area contributed by atoms with E-state index in [0.717, 1.165) is 32.1 Å². The Bertz CT molecular complexity index is 5820. The maximum absolute atomic E-state index is 13.4. The zero-order valence-corrected chi connectivity index (χ0v) is 77.2. The van der Waals surface area contributed by atoms with Gasteiger partial charge in [0.15, 0.2) is 62.0 Å². The summed E-state index contributed by atoms with van der Waals surface area (Å²) in [6.07, 6.45) is -89.9. The Labute approximate surface area is 747 Å². The van der Waals surface area contributed by atoms with Crippen molar-refractivity contribution in [2.24, 2.45) is 0 Å². The molecule has 0 aliphatic carbocycles. The van der Waals surface area contributed by atoms with Gasteiger partial charge < -0.3 is 47.4 Å².